The molecule has 1 aliphatic rings. The summed E-state index contributed by atoms with van der Waals surface area (Å²) in [4.78, 5) is 13.3. The van der Waals surface area contributed by atoms with Crippen molar-refractivity contribution in [1.29, 1.82) is 0 Å². The number of hydrogen-bond acceptors (Lipinski definition) is 3. The van der Waals surface area contributed by atoms with Crippen LogP contribution in [0.5, 0.6) is 0 Å². The lowest BCUT2D eigenvalue weighted by atomic mass is 10.1. The van der Waals surface area contributed by atoms with Crippen LogP contribution in [0.1, 0.15) is 20.3 Å². The molecular weight excluding hydrogens is 238 g/mol. The monoisotopic (exact) mass is 257 g/mol. The molecule has 4 nitrogen and oxygen atoms in total. The first-order valence-electron chi connectivity index (χ1n) is 5.52. The number of amides is 1. The van der Waals surface area contributed by atoms with E-state index in [2.05, 4.69) is 0 Å². The highest BCUT2D eigenvalue weighted by atomic mass is 32.2. The van der Waals surface area contributed by atoms with E-state index in [-0.39, 0.29) is 11.7 Å². The fourth-order valence-corrected chi connectivity index (χ4v) is 3.36. The Kier molecular flexibility index (Phi) is 4.14. The molecule has 1 unspecified atom stereocenters. The van der Waals surface area contributed by atoms with Gasteiger partial charge >= 0.3 is 0 Å². The van der Waals surface area contributed by atoms with Crippen LogP contribution in [0.2, 0.25) is 0 Å². The highest BCUT2D eigenvalue weighted by Crippen LogP contribution is 2.26. The fourth-order valence-electron chi connectivity index (χ4n) is 1.75. The highest BCUT2D eigenvalue weighted by Gasteiger charge is 2.36. The zero-order chi connectivity index (χ0) is 13.2. The molecule has 17 heavy (non-hydrogen) atoms. The Morgan fingerprint density at radius 1 is 1.47 bits per heavy atom. The van der Waals surface area contributed by atoms with E-state index in [4.69, 9.17) is 0 Å². The van der Waals surface area contributed by atoms with Gasteiger partial charge in [0.25, 0.3) is 0 Å². The van der Waals surface area contributed by atoms with Crippen LogP contribution >= 0.6 is 0 Å². The van der Waals surface area contributed by atoms with Crippen LogP contribution < -0.4 is 0 Å². The first-order valence-corrected chi connectivity index (χ1v) is 7.24. The van der Waals surface area contributed by atoms with Crippen LogP contribution in [-0.2, 0) is 14.6 Å². The van der Waals surface area contributed by atoms with E-state index in [0.717, 1.165) is 5.57 Å². The first-order chi connectivity index (χ1) is 7.75. The van der Waals surface area contributed by atoms with Gasteiger partial charge in [0.2, 0.25) is 5.91 Å². The Balaban J connectivity index is 2.99. The van der Waals surface area contributed by atoms with Crippen LogP contribution in [0.3, 0.4) is 0 Å². The van der Waals surface area contributed by atoms with Crippen molar-refractivity contribution in [3.63, 3.8) is 0 Å². The second-order valence-corrected chi connectivity index (χ2v) is 6.92. The van der Waals surface area contributed by atoms with Gasteiger partial charge in [0.05, 0.1) is 11.0 Å². The molecule has 0 aliphatic carbocycles. The number of carbonyl (C=O) groups excluding carboxylic acids is 1. The number of rotatable bonds is 3. The average molecular weight is 257 g/mol. The predicted molar refractivity (Wildman–Crippen MR) is 68.4 cm³/mol. The molecule has 1 rings (SSSR count). The van der Waals surface area contributed by atoms with Gasteiger partial charge in [0.1, 0.15) is 0 Å². The van der Waals surface area contributed by atoms with Gasteiger partial charge in [-0.05, 0) is 20.3 Å². The van der Waals surface area contributed by atoms with E-state index >= 15 is 0 Å². The van der Waals surface area contributed by atoms with Crippen molar-refractivity contribution in [1.82, 2.24) is 4.90 Å². The molecule has 0 radical (unpaired) electrons. The van der Waals surface area contributed by atoms with Crippen LogP contribution in [0.4, 0.5) is 0 Å². The Hall–Kier alpha value is -1.10. The van der Waals surface area contributed by atoms with Crippen molar-refractivity contribution in [2.45, 2.75) is 25.5 Å². The second-order valence-electron chi connectivity index (χ2n) is 4.69. The standard InChI is InChI=1S/C12H19NO3S/c1-9(2)5-6-11-10(12(14)13(3)4)7-8-17(11,15)16/h5,7,11H,6,8H2,1-4H3. The van der Waals surface area contributed by atoms with E-state index in [0.29, 0.717) is 12.0 Å². The molecule has 0 saturated carbocycles. The van der Waals surface area contributed by atoms with Gasteiger partial charge in [-0.3, -0.25) is 4.79 Å². The van der Waals surface area contributed by atoms with Crippen molar-refractivity contribution in [2.24, 2.45) is 0 Å². The summed E-state index contributed by atoms with van der Waals surface area (Å²) in [6.07, 6.45) is 3.79. The van der Waals surface area contributed by atoms with Gasteiger partial charge < -0.3 is 4.90 Å². The van der Waals surface area contributed by atoms with E-state index in [1.807, 2.05) is 19.9 Å². The van der Waals surface area contributed by atoms with Gasteiger partial charge in [0, 0.05) is 19.7 Å². The lowest BCUT2D eigenvalue weighted by Gasteiger charge is -2.16. The SMILES string of the molecule is CC(C)=CCC1C(C(=O)N(C)C)=CCS1(=O)=O. The van der Waals surface area contributed by atoms with Gasteiger partial charge in [-0.2, -0.15) is 0 Å². The quantitative estimate of drug-likeness (QED) is 0.713. The van der Waals surface area contributed by atoms with Crippen LogP contribution in [0, 0.1) is 0 Å². The van der Waals surface area contributed by atoms with Crippen molar-refractivity contribution in [2.75, 3.05) is 19.8 Å². The lowest BCUT2D eigenvalue weighted by molar-refractivity contribution is -0.124. The Labute approximate surface area is 103 Å². The van der Waals surface area contributed by atoms with Gasteiger partial charge in [-0.25, -0.2) is 8.42 Å². The molecule has 0 saturated heterocycles. The molecule has 0 aromatic rings. The fraction of sp³-hybridized carbons (Fsp3) is 0.583. The van der Waals surface area contributed by atoms with Crippen molar-refractivity contribution >= 4 is 15.7 Å². The van der Waals surface area contributed by atoms with Crippen LogP contribution in [-0.4, -0.2) is 44.3 Å². The summed E-state index contributed by atoms with van der Waals surface area (Å²) in [6.45, 7) is 3.83. The third kappa shape index (κ3) is 3.19. The van der Waals surface area contributed by atoms with Gasteiger partial charge in [0.15, 0.2) is 9.84 Å². The molecule has 0 bridgehead atoms. The molecule has 0 N–H and O–H groups in total. The molecule has 0 aromatic heterocycles. The molecule has 0 spiro atoms. The van der Waals surface area contributed by atoms with E-state index in [9.17, 15) is 13.2 Å². The second kappa shape index (κ2) is 5.04. The molecule has 1 heterocycles. The molecule has 0 aromatic carbocycles. The summed E-state index contributed by atoms with van der Waals surface area (Å²) in [5.74, 6) is -0.235. The topological polar surface area (TPSA) is 54.5 Å². The molecular formula is C12H19NO3S. The number of nitrogens with zero attached hydrogens (tertiary/aromatic N) is 1. The van der Waals surface area contributed by atoms with Crippen molar-refractivity contribution in [3.05, 3.63) is 23.3 Å². The minimum absolute atomic E-state index is 0.0246. The Bertz CT molecular complexity index is 468. The van der Waals surface area contributed by atoms with E-state index in [1.54, 1.807) is 20.2 Å². The lowest BCUT2D eigenvalue weighted by Crippen LogP contribution is -2.30. The third-order valence-corrected chi connectivity index (χ3v) is 4.65. The maximum atomic E-state index is 11.9. The van der Waals surface area contributed by atoms with Crippen molar-refractivity contribution < 1.29 is 13.2 Å². The predicted octanol–water partition coefficient (Wildman–Crippen LogP) is 1.15. The maximum absolute atomic E-state index is 11.9. The number of carbonyl (C=O) groups is 1. The Morgan fingerprint density at radius 2 is 2.06 bits per heavy atom. The molecule has 96 valence electrons. The number of hydrogen-bond donors (Lipinski definition) is 0. The average Bonchev–Trinajstić information content (AvgIpc) is 2.49. The summed E-state index contributed by atoms with van der Waals surface area (Å²) >= 11 is 0. The Morgan fingerprint density at radius 3 is 2.53 bits per heavy atom. The summed E-state index contributed by atoms with van der Waals surface area (Å²) < 4.78 is 23.7. The zero-order valence-corrected chi connectivity index (χ0v) is 11.5. The summed E-state index contributed by atoms with van der Waals surface area (Å²) in [5, 5.41) is -0.674. The number of allylic oxidation sites excluding steroid dienone is 2. The van der Waals surface area contributed by atoms with Gasteiger partial charge in [-0.15, -0.1) is 0 Å². The van der Waals surface area contributed by atoms with E-state index < -0.39 is 15.1 Å². The molecule has 1 atom stereocenters. The molecule has 1 aliphatic heterocycles. The third-order valence-electron chi connectivity index (χ3n) is 2.71. The number of sulfone groups is 1. The largest absolute Gasteiger partial charge is 0.345 e. The summed E-state index contributed by atoms with van der Waals surface area (Å²) in [7, 11) is 0.0669. The zero-order valence-electron chi connectivity index (χ0n) is 10.7. The number of likely N-dealkylation sites (N-methyl/N-ethyl adjacent to an activating group) is 1. The summed E-state index contributed by atoms with van der Waals surface area (Å²) in [6, 6.07) is 0. The minimum atomic E-state index is -3.20. The smallest absolute Gasteiger partial charge is 0.250 e. The minimum Gasteiger partial charge on any atom is -0.345 e. The molecule has 0 fully saturated rings. The normalized spacial score (nSPS) is 21.9. The van der Waals surface area contributed by atoms with Crippen LogP contribution in [0.25, 0.3) is 0 Å². The first kappa shape index (κ1) is 14.0. The molecule has 5 heteroatoms. The van der Waals surface area contributed by atoms with E-state index in [1.165, 1.54) is 4.90 Å². The van der Waals surface area contributed by atoms with Crippen LogP contribution in [0.15, 0.2) is 23.3 Å². The highest BCUT2D eigenvalue weighted by molar-refractivity contribution is 7.92. The summed E-state index contributed by atoms with van der Waals surface area (Å²) in [5.41, 5.74) is 1.47. The van der Waals surface area contributed by atoms with Gasteiger partial charge in [-0.1, -0.05) is 17.7 Å². The van der Waals surface area contributed by atoms with Crippen molar-refractivity contribution in [3.8, 4) is 0 Å². The molecule has 1 amide bonds. The maximum Gasteiger partial charge on any atom is 0.250 e.